The molecular weight excluding hydrogens is 753 g/mol. The first-order valence-electron chi connectivity index (χ1n) is 21.3. The molecule has 0 amide bonds. The molecule has 0 radical (unpaired) electrons. The van der Waals surface area contributed by atoms with Crippen molar-refractivity contribution < 1.29 is 0 Å². The molecule has 0 bridgehead atoms. The number of benzene rings is 8. The Morgan fingerprint density at radius 2 is 1.05 bits per heavy atom. The monoisotopic (exact) mass is 792 g/mol. The maximum absolute atomic E-state index is 5.16. The van der Waals surface area contributed by atoms with Gasteiger partial charge in [0.15, 0.2) is 5.82 Å². The fraction of sp³-hybridized carbons (Fsp3) is 0.0345. The summed E-state index contributed by atoms with van der Waals surface area (Å²) < 4.78 is 2.39. The van der Waals surface area contributed by atoms with Crippen LogP contribution in [0.2, 0.25) is 0 Å². The second-order valence-electron chi connectivity index (χ2n) is 16.1. The van der Waals surface area contributed by atoms with Gasteiger partial charge in [0.05, 0.1) is 28.5 Å². The lowest BCUT2D eigenvalue weighted by molar-refractivity contribution is 0.759. The van der Waals surface area contributed by atoms with E-state index in [0.29, 0.717) is 5.82 Å². The van der Waals surface area contributed by atoms with E-state index in [9.17, 15) is 0 Å². The molecule has 0 saturated heterocycles. The molecule has 4 nitrogen and oxygen atoms in total. The maximum Gasteiger partial charge on any atom is 0.160 e. The van der Waals surface area contributed by atoms with Gasteiger partial charge >= 0.3 is 0 Å². The largest absolute Gasteiger partial charge is 0.333 e. The summed E-state index contributed by atoms with van der Waals surface area (Å²) >= 11 is 0. The number of anilines is 2. The molecule has 1 aliphatic heterocycles. The van der Waals surface area contributed by atoms with Gasteiger partial charge in [-0.25, -0.2) is 9.97 Å². The minimum Gasteiger partial charge on any atom is -0.333 e. The second-order valence-corrected chi connectivity index (χ2v) is 16.1. The Balaban J connectivity index is 0.909. The molecule has 12 rings (SSSR count). The average molecular weight is 793 g/mol. The number of nitrogens with zero attached hydrogens (tertiary/aromatic N) is 4. The molecule has 2 unspecified atom stereocenters. The van der Waals surface area contributed by atoms with Gasteiger partial charge in [-0.2, -0.15) is 0 Å². The number of aromatic nitrogens is 3. The molecule has 3 heterocycles. The summed E-state index contributed by atoms with van der Waals surface area (Å²) in [5, 5.41) is 2.53. The van der Waals surface area contributed by atoms with Crippen molar-refractivity contribution in [2.75, 3.05) is 4.90 Å². The van der Waals surface area contributed by atoms with Crippen LogP contribution in [0.3, 0.4) is 0 Å². The first kappa shape index (κ1) is 35.8. The van der Waals surface area contributed by atoms with Crippen LogP contribution in [0.25, 0.3) is 78.1 Å². The molecule has 292 valence electrons. The van der Waals surface area contributed by atoms with Gasteiger partial charge in [0.25, 0.3) is 0 Å². The molecule has 2 aromatic heterocycles. The minimum absolute atomic E-state index is 0.108. The van der Waals surface area contributed by atoms with Crippen LogP contribution in [0.5, 0.6) is 0 Å². The highest BCUT2D eigenvalue weighted by atomic mass is 15.2. The van der Waals surface area contributed by atoms with E-state index < -0.39 is 0 Å². The molecule has 0 spiro atoms. The third kappa shape index (κ3) is 5.99. The van der Waals surface area contributed by atoms with Crippen LogP contribution in [-0.2, 0) is 0 Å². The van der Waals surface area contributed by atoms with Crippen LogP contribution in [-0.4, -0.2) is 20.6 Å². The Bertz CT molecular complexity index is 3290. The average Bonchev–Trinajstić information content (AvgIpc) is 3.88. The second kappa shape index (κ2) is 14.9. The molecule has 4 heteroatoms. The molecular formula is C58H40N4. The Morgan fingerprint density at radius 1 is 0.435 bits per heavy atom. The molecule has 8 aromatic carbocycles. The topological polar surface area (TPSA) is 34.0 Å². The van der Waals surface area contributed by atoms with Gasteiger partial charge in [0, 0.05) is 50.4 Å². The fourth-order valence-electron chi connectivity index (χ4n) is 9.82. The number of fused-ring (bicyclic) bond motifs is 6. The fourth-order valence-corrected chi connectivity index (χ4v) is 9.82. The van der Waals surface area contributed by atoms with E-state index in [0.717, 1.165) is 33.8 Å². The summed E-state index contributed by atoms with van der Waals surface area (Å²) in [6.45, 7) is 0. The van der Waals surface area contributed by atoms with Crippen LogP contribution < -0.4 is 4.90 Å². The summed E-state index contributed by atoms with van der Waals surface area (Å²) in [4.78, 5) is 12.8. The molecule has 0 saturated carbocycles. The van der Waals surface area contributed by atoms with E-state index in [1.54, 1.807) is 0 Å². The Morgan fingerprint density at radius 3 is 1.81 bits per heavy atom. The van der Waals surface area contributed by atoms with Crippen molar-refractivity contribution in [2.24, 2.45) is 0 Å². The summed E-state index contributed by atoms with van der Waals surface area (Å²) in [5.74, 6) is 0.852. The van der Waals surface area contributed by atoms with Gasteiger partial charge in [0.1, 0.15) is 0 Å². The van der Waals surface area contributed by atoms with E-state index in [1.165, 1.54) is 61.0 Å². The van der Waals surface area contributed by atoms with E-state index >= 15 is 0 Å². The van der Waals surface area contributed by atoms with E-state index in [1.807, 2.05) is 12.1 Å². The third-order valence-corrected chi connectivity index (χ3v) is 12.6. The van der Waals surface area contributed by atoms with Gasteiger partial charge in [-0.1, -0.05) is 176 Å². The first-order chi connectivity index (χ1) is 30.8. The van der Waals surface area contributed by atoms with Crippen molar-refractivity contribution in [2.45, 2.75) is 12.0 Å². The summed E-state index contributed by atoms with van der Waals surface area (Å²) in [7, 11) is 0. The standard InChI is InChI=1S/C58H40N4/c1-4-17-40(18-5-1)50-38-51(41-19-6-2-7-20-41)60-58(59-50)43-22-14-21-42(37-43)47-28-16-32-55-57(47)49-26-11-13-30-53(49)62(55)45-35-33-39(34-36-45)46-27-15-31-54-56(46)48-25-10-12-29-52(48)61(54)44-23-8-3-9-24-44/h1-38,55,57H. The zero-order valence-corrected chi connectivity index (χ0v) is 33.9. The third-order valence-electron chi connectivity index (χ3n) is 12.6. The van der Waals surface area contributed by atoms with Gasteiger partial charge in [-0.3, -0.25) is 0 Å². The molecule has 2 aliphatic rings. The zero-order valence-electron chi connectivity index (χ0n) is 33.9. The predicted octanol–water partition coefficient (Wildman–Crippen LogP) is 14.5. The lowest BCUT2D eigenvalue weighted by Crippen LogP contribution is -2.30. The van der Waals surface area contributed by atoms with Crippen molar-refractivity contribution in [3.63, 3.8) is 0 Å². The Labute approximate surface area is 361 Å². The molecule has 2 atom stereocenters. The van der Waals surface area contributed by atoms with Gasteiger partial charge in [0.2, 0.25) is 0 Å². The Hall–Kier alpha value is -8.08. The number of rotatable bonds is 7. The summed E-state index contributed by atoms with van der Waals surface area (Å²) in [6.07, 6.45) is 6.90. The van der Waals surface area contributed by atoms with Crippen molar-refractivity contribution in [3.8, 4) is 50.7 Å². The molecule has 0 fully saturated rings. The highest BCUT2D eigenvalue weighted by Gasteiger charge is 2.41. The van der Waals surface area contributed by atoms with Crippen molar-refractivity contribution in [1.82, 2.24) is 14.5 Å². The van der Waals surface area contributed by atoms with Crippen LogP contribution in [0, 0.1) is 0 Å². The van der Waals surface area contributed by atoms with Crippen LogP contribution in [0.4, 0.5) is 11.4 Å². The number of para-hydroxylation sites is 3. The molecule has 10 aromatic rings. The number of hydrogen-bond acceptors (Lipinski definition) is 3. The van der Waals surface area contributed by atoms with Gasteiger partial charge in [-0.15, -0.1) is 0 Å². The van der Waals surface area contributed by atoms with Crippen LogP contribution in [0.15, 0.2) is 231 Å². The molecule has 1 aliphatic carbocycles. The predicted molar refractivity (Wildman–Crippen MR) is 257 cm³/mol. The smallest absolute Gasteiger partial charge is 0.160 e. The zero-order chi connectivity index (χ0) is 41.0. The highest BCUT2D eigenvalue weighted by molar-refractivity contribution is 6.15. The minimum atomic E-state index is 0.108. The normalized spacial score (nSPS) is 15.4. The molecule has 62 heavy (non-hydrogen) atoms. The lowest BCUT2D eigenvalue weighted by Gasteiger charge is -2.31. The van der Waals surface area contributed by atoms with E-state index in [-0.39, 0.29) is 12.0 Å². The lowest BCUT2D eigenvalue weighted by atomic mass is 9.80. The van der Waals surface area contributed by atoms with Crippen LogP contribution >= 0.6 is 0 Å². The SMILES string of the molecule is C1=CC2C(C(c3cccc(-c4nc(-c5ccccc5)cc(-c5ccccc5)n4)c3)=C1)c1ccccc1N2c1ccc(-c2cccc3c2c2ccccc2n3-c2ccccc2)cc1. The summed E-state index contributed by atoms with van der Waals surface area (Å²) in [5.41, 5.74) is 17.1. The van der Waals surface area contributed by atoms with Gasteiger partial charge < -0.3 is 9.47 Å². The van der Waals surface area contributed by atoms with Crippen molar-refractivity contribution in [3.05, 3.63) is 242 Å². The first-order valence-corrected chi connectivity index (χ1v) is 21.3. The van der Waals surface area contributed by atoms with E-state index in [4.69, 9.17) is 9.97 Å². The van der Waals surface area contributed by atoms with Gasteiger partial charge in [-0.05, 0) is 82.4 Å². The Kier molecular flexibility index (Phi) is 8.60. The number of allylic oxidation sites excluding steroid dienone is 2. The highest BCUT2D eigenvalue weighted by Crippen LogP contribution is 2.53. The van der Waals surface area contributed by atoms with E-state index in [2.05, 4.69) is 228 Å². The quantitative estimate of drug-likeness (QED) is 0.161. The maximum atomic E-state index is 5.16. The molecule has 0 N–H and O–H groups in total. The van der Waals surface area contributed by atoms with Crippen LogP contribution in [0.1, 0.15) is 17.0 Å². The number of hydrogen-bond donors (Lipinski definition) is 0. The summed E-state index contributed by atoms with van der Waals surface area (Å²) in [6, 6.07) is 76.0. The van der Waals surface area contributed by atoms with Crippen molar-refractivity contribution >= 4 is 38.8 Å². The van der Waals surface area contributed by atoms with Crippen molar-refractivity contribution in [1.29, 1.82) is 0 Å².